The molecular formula is C13H23N3O4. The molecule has 2 amide bonds. The van der Waals surface area contributed by atoms with E-state index < -0.39 is 12.0 Å². The van der Waals surface area contributed by atoms with Crippen molar-refractivity contribution in [2.24, 2.45) is 0 Å². The van der Waals surface area contributed by atoms with Crippen molar-refractivity contribution in [3.05, 3.63) is 0 Å². The van der Waals surface area contributed by atoms with Crippen LogP contribution in [0.4, 0.5) is 4.79 Å². The number of rotatable bonds is 3. The van der Waals surface area contributed by atoms with Crippen molar-refractivity contribution in [1.82, 2.24) is 14.7 Å². The van der Waals surface area contributed by atoms with E-state index >= 15 is 0 Å². The minimum Gasteiger partial charge on any atom is -0.480 e. The maximum atomic E-state index is 12.5. The number of β-amino-alcohol motifs (C(OH)–C–C–N with tert-alkyl or cyclic N) is 1. The van der Waals surface area contributed by atoms with E-state index in [1.54, 1.807) is 4.90 Å². The first kappa shape index (κ1) is 15.1. The van der Waals surface area contributed by atoms with Crippen molar-refractivity contribution in [2.75, 3.05) is 45.9 Å². The molecule has 20 heavy (non-hydrogen) atoms. The van der Waals surface area contributed by atoms with Gasteiger partial charge in [0, 0.05) is 32.7 Å². The van der Waals surface area contributed by atoms with Crippen LogP contribution in [0.1, 0.15) is 19.3 Å². The maximum Gasteiger partial charge on any atom is 0.326 e. The minimum absolute atomic E-state index is 0.126. The van der Waals surface area contributed by atoms with Gasteiger partial charge < -0.3 is 20.0 Å². The number of carboxylic acid groups (broad SMARTS) is 1. The molecule has 0 radical (unpaired) electrons. The number of nitrogens with zero attached hydrogens (tertiary/aromatic N) is 3. The molecular weight excluding hydrogens is 262 g/mol. The third-order valence-corrected chi connectivity index (χ3v) is 4.06. The lowest BCUT2D eigenvalue weighted by Gasteiger charge is -2.29. The Morgan fingerprint density at radius 2 is 1.85 bits per heavy atom. The topological polar surface area (TPSA) is 84.3 Å². The Labute approximate surface area is 118 Å². The number of carbonyl (C=O) groups excluding carboxylic acids is 1. The van der Waals surface area contributed by atoms with Crippen LogP contribution in [0.25, 0.3) is 0 Å². The van der Waals surface area contributed by atoms with Crippen LogP contribution in [-0.2, 0) is 4.79 Å². The van der Waals surface area contributed by atoms with E-state index in [2.05, 4.69) is 4.90 Å². The Morgan fingerprint density at radius 3 is 2.55 bits per heavy atom. The number of hydrogen-bond donors (Lipinski definition) is 2. The summed E-state index contributed by atoms with van der Waals surface area (Å²) in [5.41, 5.74) is 0. The molecule has 2 aliphatic rings. The molecule has 0 aromatic rings. The van der Waals surface area contributed by atoms with Gasteiger partial charge in [0.25, 0.3) is 0 Å². The highest BCUT2D eigenvalue weighted by Gasteiger charge is 2.36. The lowest BCUT2D eigenvalue weighted by atomic mass is 10.2. The quantitative estimate of drug-likeness (QED) is 0.741. The number of aliphatic hydroxyl groups is 1. The lowest BCUT2D eigenvalue weighted by molar-refractivity contribution is -0.141. The van der Waals surface area contributed by atoms with Crippen LogP contribution < -0.4 is 0 Å². The van der Waals surface area contributed by atoms with Gasteiger partial charge in [0.05, 0.1) is 6.61 Å². The molecule has 0 aliphatic carbocycles. The molecule has 0 saturated carbocycles. The highest BCUT2D eigenvalue weighted by atomic mass is 16.4. The minimum atomic E-state index is -0.910. The van der Waals surface area contributed by atoms with Crippen molar-refractivity contribution in [2.45, 2.75) is 25.3 Å². The zero-order valence-corrected chi connectivity index (χ0v) is 11.7. The molecule has 7 nitrogen and oxygen atoms in total. The molecule has 2 N–H and O–H groups in total. The highest BCUT2D eigenvalue weighted by Crippen LogP contribution is 2.20. The van der Waals surface area contributed by atoms with Gasteiger partial charge in [-0.2, -0.15) is 0 Å². The monoisotopic (exact) mass is 285 g/mol. The zero-order valence-electron chi connectivity index (χ0n) is 11.7. The SMILES string of the molecule is O=C(O)C1CCCN1C(=O)N1CCCN(CCO)CC1. The molecule has 2 saturated heterocycles. The Balaban J connectivity index is 1.93. The molecule has 2 aliphatic heterocycles. The van der Waals surface area contributed by atoms with E-state index in [9.17, 15) is 9.59 Å². The molecule has 0 aromatic heterocycles. The first-order valence-corrected chi connectivity index (χ1v) is 7.25. The van der Waals surface area contributed by atoms with Crippen LogP contribution in [0.5, 0.6) is 0 Å². The Kier molecular flexibility index (Phi) is 5.19. The second kappa shape index (κ2) is 6.90. The molecule has 0 bridgehead atoms. The van der Waals surface area contributed by atoms with E-state index in [1.165, 1.54) is 4.90 Å². The van der Waals surface area contributed by atoms with Gasteiger partial charge in [-0.1, -0.05) is 0 Å². The number of urea groups is 1. The molecule has 0 spiro atoms. The van der Waals surface area contributed by atoms with E-state index in [1.807, 2.05) is 0 Å². The fourth-order valence-corrected chi connectivity index (χ4v) is 2.96. The lowest BCUT2D eigenvalue weighted by Crippen LogP contribution is -2.49. The summed E-state index contributed by atoms with van der Waals surface area (Å²) in [6.45, 7) is 4.15. The molecule has 2 heterocycles. The summed E-state index contributed by atoms with van der Waals surface area (Å²) in [4.78, 5) is 29.0. The van der Waals surface area contributed by atoms with Crippen LogP contribution in [0.15, 0.2) is 0 Å². The van der Waals surface area contributed by atoms with Gasteiger partial charge in [-0.15, -0.1) is 0 Å². The average Bonchev–Trinajstić information content (AvgIpc) is 2.80. The smallest absolute Gasteiger partial charge is 0.326 e. The summed E-state index contributed by atoms with van der Waals surface area (Å²) < 4.78 is 0. The van der Waals surface area contributed by atoms with Crippen LogP contribution in [-0.4, -0.2) is 88.8 Å². The molecule has 2 fully saturated rings. The number of hydrogen-bond acceptors (Lipinski definition) is 4. The van der Waals surface area contributed by atoms with Crippen LogP contribution in [0, 0.1) is 0 Å². The molecule has 7 heteroatoms. The third kappa shape index (κ3) is 3.40. The number of carboxylic acids is 1. The van der Waals surface area contributed by atoms with Gasteiger partial charge in [-0.25, -0.2) is 9.59 Å². The number of likely N-dealkylation sites (tertiary alicyclic amines) is 1. The summed E-state index contributed by atoms with van der Waals surface area (Å²) in [6.07, 6.45) is 2.16. The van der Waals surface area contributed by atoms with Crippen molar-refractivity contribution in [3.63, 3.8) is 0 Å². The predicted octanol–water partition coefficient (Wildman–Crippen LogP) is -0.345. The second-order valence-corrected chi connectivity index (χ2v) is 5.38. The molecule has 114 valence electrons. The van der Waals surface area contributed by atoms with E-state index in [0.29, 0.717) is 32.6 Å². The highest BCUT2D eigenvalue weighted by molar-refractivity contribution is 5.83. The summed E-state index contributed by atoms with van der Waals surface area (Å²) >= 11 is 0. The van der Waals surface area contributed by atoms with Gasteiger partial charge in [-0.05, 0) is 25.8 Å². The Morgan fingerprint density at radius 1 is 1.05 bits per heavy atom. The Bertz CT molecular complexity index is 364. The fourth-order valence-electron chi connectivity index (χ4n) is 2.96. The third-order valence-electron chi connectivity index (χ3n) is 4.06. The molecule has 2 rings (SSSR count). The fraction of sp³-hybridized carbons (Fsp3) is 0.846. The molecule has 1 unspecified atom stereocenters. The largest absolute Gasteiger partial charge is 0.480 e. The number of amides is 2. The van der Waals surface area contributed by atoms with Crippen LogP contribution in [0.3, 0.4) is 0 Å². The van der Waals surface area contributed by atoms with Gasteiger partial charge in [0.1, 0.15) is 6.04 Å². The van der Waals surface area contributed by atoms with Crippen LogP contribution in [0.2, 0.25) is 0 Å². The van der Waals surface area contributed by atoms with Crippen LogP contribution >= 0.6 is 0 Å². The van der Waals surface area contributed by atoms with Crippen molar-refractivity contribution in [1.29, 1.82) is 0 Å². The molecule has 1 atom stereocenters. The maximum absolute atomic E-state index is 12.5. The van der Waals surface area contributed by atoms with E-state index in [-0.39, 0.29) is 12.6 Å². The molecule has 0 aromatic carbocycles. The average molecular weight is 285 g/mol. The standard InChI is InChI=1S/C13H23N3O4/c17-10-9-14-4-2-5-15(8-7-14)13(20)16-6-1-3-11(16)12(18)19/h11,17H,1-10H2,(H,18,19). The summed E-state index contributed by atoms with van der Waals surface area (Å²) in [5, 5.41) is 18.1. The van der Waals surface area contributed by atoms with Crippen molar-refractivity contribution in [3.8, 4) is 0 Å². The van der Waals surface area contributed by atoms with Gasteiger partial charge in [0.2, 0.25) is 0 Å². The summed E-state index contributed by atoms with van der Waals surface area (Å²) in [7, 11) is 0. The van der Waals surface area contributed by atoms with Gasteiger partial charge in [0.15, 0.2) is 0 Å². The van der Waals surface area contributed by atoms with E-state index in [4.69, 9.17) is 10.2 Å². The second-order valence-electron chi connectivity index (χ2n) is 5.38. The summed E-state index contributed by atoms with van der Waals surface area (Å²) in [6, 6.07) is -0.819. The zero-order chi connectivity index (χ0) is 14.5. The van der Waals surface area contributed by atoms with Crippen molar-refractivity contribution < 1.29 is 19.8 Å². The predicted molar refractivity (Wildman–Crippen MR) is 72.5 cm³/mol. The van der Waals surface area contributed by atoms with Gasteiger partial charge >= 0.3 is 12.0 Å². The number of aliphatic hydroxyl groups excluding tert-OH is 1. The van der Waals surface area contributed by atoms with E-state index in [0.717, 1.165) is 25.9 Å². The first-order valence-electron chi connectivity index (χ1n) is 7.25. The van der Waals surface area contributed by atoms with Crippen molar-refractivity contribution >= 4 is 12.0 Å². The number of aliphatic carboxylic acids is 1. The van der Waals surface area contributed by atoms with Gasteiger partial charge in [-0.3, -0.25) is 4.90 Å². The normalized spacial score (nSPS) is 24.8. The summed E-state index contributed by atoms with van der Waals surface area (Å²) in [5.74, 6) is -0.910. The Hall–Kier alpha value is -1.34. The number of carbonyl (C=O) groups is 2. The first-order chi connectivity index (χ1) is 9.63.